The zero-order chi connectivity index (χ0) is 18.1. The van der Waals surface area contributed by atoms with E-state index in [2.05, 4.69) is 10.3 Å². The SMILES string of the molecule is O=C(c1ccc2c(c1)CC[C@]1(CCNC1=O)C2)N(O)Cc1cccnc1. The van der Waals surface area contributed by atoms with E-state index < -0.39 is 5.91 Å². The second-order valence-electron chi connectivity index (χ2n) is 7.17. The summed E-state index contributed by atoms with van der Waals surface area (Å²) in [5.41, 5.74) is 3.16. The topological polar surface area (TPSA) is 82.5 Å². The fourth-order valence-electron chi connectivity index (χ4n) is 4.00. The van der Waals surface area contributed by atoms with Crippen LogP contribution in [0.2, 0.25) is 0 Å². The molecule has 1 fully saturated rings. The van der Waals surface area contributed by atoms with Gasteiger partial charge in [-0.25, -0.2) is 5.06 Å². The normalized spacial score (nSPS) is 21.3. The third-order valence-corrected chi connectivity index (χ3v) is 5.52. The Morgan fingerprint density at radius 3 is 2.88 bits per heavy atom. The van der Waals surface area contributed by atoms with Crippen molar-refractivity contribution in [3.63, 3.8) is 0 Å². The molecule has 6 nitrogen and oxygen atoms in total. The molecule has 0 radical (unpaired) electrons. The molecule has 1 atom stereocenters. The molecule has 0 saturated carbocycles. The number of nitrogens with zero attached hydrogens (tertiary/aromatic N) is 2. The summed E-state index contributed by atoms with van der Waals surface area (Å²) in [6.45, 7) is 0.839. The third kappa shape index (κ3) is 2.97. The van der Waals surface area contributed by atoms with Gasteiger partial charge in [-0.3, -0.25) is 19.8 Å². The Labute approximate surface area is 151 Å². The van der Waals surface area contributed by atoms with Crippen LogP contribution in [0.5, 0.6) is 0 Å². The van der Waals surface area contributed by atoms with Gasteiger partial charge >= 0.3 is 0 Å². The first kappa shape index (κ1) is 16.7. The molecule has 2 aromatic rings. The van der Waals surface area contributed by atoms with E-state index in [0.29, 0.717) is 10.6 Å². The van der Waals surface area contributed by atoms with Gasteiger partial charge in [0.2, 0.25) is 5.91 Å². The van der Waals surface area contributed by atoms with Crippen LogP contribution in [0.4, 0.5) is 0 Å². The maximum atomic E-state index is 12.5. The Morgan fingerprint density at radius 2 is 2.15 bits per heavy atom. The Kier molecular flexibility index (Phi) is 4.20. The second-order valence-corrected chi connectivity index (χ2v) is 7.17. The van der Waals surface area contributed by atoms with Crippen molar-refractivity contribution in [3.05, 3.63) is 65.0 Å². The summed E-state index contributed by atoms with van der Waals surface area (Å²) >= 11 is 0. The minimum absolute atomic E-state index is 0.0903. The number of carbonyl (C=O) groups is 2. The van der Waals surface area contributed by atoms with Crippen LogP contribution < -0.4 is 5.32 Å². The lowest BCUT2D eigenvalue weighted by atomic mass is 9.70. The molecule has 2 N–H and O–H groups in total. The standard InChI is InChI=1S/C20H21N3O3/c24-18(23(26)13-14-2-1-8-21-12-14)16-3-4-17-11-20(6-5-15(17)10-16)7-9-22-19(20)25/h1-4,8,10,12,26H,5-7,9,11,13H2,(H,22,25)/t20-/m0/s1. The van der Waals surface area contributed by atoms with E-state index in [-0.39, 0.29) is 17.9 Å². The van der Waals surface area contributed by atoms with Gasteiger partial charge in [-0.05, 0) is 60.6 Å². The van der Waals surface area contributed by atoms with Crippen LogP contribution in [-0.2, 0) is 24.2 Å². The summed E-state index contributed by atoms with van der Waals surface area (Å²) in [7, 11) is 0. The van der Waals surface area contributed by atoms with Crippen molar-refractivity contribution < 1.29 is 14.8 Å². The van der Waals surface area contributed by atoms with E-state index in [1.54, 1.807) is 24.5 Å². The molecule has 4 rings (SSSR count). The predicted octanol–water partition coefficient (Wildman–Crippen LogP) is 2.11. The number of hydrogen-bond donors (Lipinski definition) is 2. The molecule has 134 valence electrons. The largest absolute Gasteiger partial charge is 0.356 e. The van der Waals surface area contributed by atoms with Crippen LogP contribution in [0, 0.1) is 5.41 Å². The molecule has 6 heteroatoms. The molecule has 1 saturated heterocycles. The summed E-state index contributed by atoms with van der Waals surface area (Å²) in [5, 5.41) is 13.8. The van der Waals surface area contributed by atoms with Crippen molar-refractivity contribution in [1.29, 1.82) is 0 Å². The van der Waals surface area contributed by atoms with Gasteiger partial charge < -0.3 is 5.32 Å². The molecule has 2 aliphatic rings. The summed E-state index contributed by atoms with van der Waals surface area (Å²) in [4.78, 5) is 28.7. The van der Waals surface area contributed by atoms with Gasteiger partial charge in [-0.2, -0.15) is 0 Å². The number of hydrogen-bond acceptors (Lipinski definition) is 4. The molecule has 1 spiro atoms. The Hall–Kier alpha value is -2.73. The number of carbonyl (C=O) groups excluding carboxylic acids is 2. The second kappa shape index (κ2) is 6.53. The van der Waals surface area contributed by atoms with E-state index in [1.807, 2.05) is 18.2 Å². The molecular formula is C20H21N3O3. The number of pyridine rings is 1. The number of rotatable bonds is 3. The van der Waals surface area contributed by atoms with Gasteiger partial charge in [0.1, 0.15) is 0 Å². The van der Waals surface area contributed by atoms with Crippen LogP contribution in [0.25, 0.3) is 0 Å². The van der Waals surface area contributed by atoms with Gasteiger partial charge in [0.25, 0.3) is 5.91 Å². The molecule has 26 heavy (non-hydrogen) atoms. The smallest absolute Gasteiger partial charge is 0.277 e. The number of nitrogens with one attached hydrogen (secondary N) is 1. The maximum Gasteiger partial charge on any atom is 0.277 e. The van der Waals surface area contributed by atoms with Crippen LogP contribution >= 0.6 is 0 Å². The zero-order valence-corrected chi connectivity index (χ0v) is 14.4. The van der Waals surface area contributed by atoms with E-state index in [4.69, 9.17) is 0 Å². The van der Waals surface area contributed by atoms with Gasteiger partial charge in [0, 0.05) is 24.5 Å². The molecule has 1 aromatic heterocycles. The summed E-state index contributed by atoms with van der Waals surface area (Å²) in [5.74, 6) is -0.281. The van der Waals surface area contributed by atoms with E-state index in [1.165, 1.54) is 0 Å². The molecule has 2 amide bonds. The lowest BCUT2D eigenvalue weighted by Gasteiger charge is -2.32. The lowest BCUT2D eigenvalue weighted by Crippen LogP contribution is -2.36. The summed E-state index contributed by atoms with van der Waals surface area (Å²) in [6.07, 6.45) is 6.45. The van der Waals surface area contributed by atoms with Crippen LogP contribution in [-0.4, -0.2) is 33.6 Å². The van der Waals surface area contributed by atoms with E-state index >= 15 is 0 Å². The third-order valence-electron chi connectivity index (χ3n) is 5.52. The highest BCUT2D eigenvalue weighted by Crippen LogP contribution is 2.41. The average molecular weight is 351 g/mol. The summed E-state index contributed by atoms with van der Waals surface area (Å²) < 4.78 is 0. The lowest BCUT2D eigenvalue weighted by molar-refractivity contribution is -0.128. The number of fused-ring (bicyclic) bond motifs is 1. The molecule has 0 unspecified atom stereocenters. The van der Waals surface area contributed by atoms with Crippen molar-refractivity contribution in [2.45, 2.75) is 32.2 Å². The van der Waals surface area contributed by atoms with Crippen LogP contribution in [0.1, 0.15) is 39.9 Å². The summed E-state index contributed by atoms with van der Waals surface area (Å²) in [6, 6.07) is 9.08. The molecule has 0 bridgehead atoms. The Bertz CT molecular complexity index is 853. The monoisotopic (exact) mass is 351 g/mol. The first-order valence-corrected chi connectivity index (χ1v) is 8.87. The minimum Gasteiger partial charge on any atom is -0.356 e. The van der Waals surface area contributed by atoms with E-state index in [9.17, 15) is 14.8 Å². The first-order valence-electron chi connectivity index (χ1n) is 8.87. The van der Waals surface area contributed by atoms with Gasteiger partial charge in [0.05, 0.1) is 12.0 Å². The Balaban J connectivity index is 1.51. The number of aryl methyl sites for hydroxylation is 1. The van der Waals surface area contributed by atoms with Crippen molar-refractivity contribution in [2.24, 2.45) is 5.41 Å². The average Bonchev–Trinajstić information content (AvgIpc) is 3.01. The number of aromatic nitrogens is 1. The molecule has 2 heterocycles. The van der Waals surface area contributed by atoms with Crippen LogP contribution in [0.15, 0.2) is 42.7 Å². The zero-order valence-electron chi connectivity index (χ0n) is 14.4. The van der Waals surface area contributed by atoms with Gasteiger partial charge in [0.15, 0.2) is 0 Å². The molecular weight excluding hydrogens is 330 g/mol. The fraction of sp³-hybridized carbons (Fsp3) is 0.350. The number of benzene rings is 1. The molecule has 1 aromatic carbocycles. The quantitative estimate of drug-likeness (QED) is 0.655. The van der Waals surface area contributed by atoms with Crippen molar-refractivity contribution >= 4 is 11.8 Å². The van der Waals surface area contributed by atoms with Crippen LogP contribution in [0.3, 0.4) is 0 Å². The molecule has 1 aliphatic carbocycles. The predicted molar refractivity (Wildman–Crippen MR) is 94.4 cm³/mol. The van der Waals surface area contributed by atoms with Crippen molar-refractivity contribution in [3.8, 4) is 0 Å². The first-order chi connectivity index (χ1) is 12.6. The fourth-order valence-corrected chi connectivity index (χ4v) is 4.00. The highest BCUT2D eigenvalue weighted by atomic mass is 16.5. The van der Waals surface area contributed by atoms with Gasteiger partial charge in [-0.1, -0.05) is 12.1 Å². The van der Waals surface area contributed by atoms with E-state index in [0.717, 1.165) is 48.9 Å². The number of hydroxylamine groups is 2. The van der Waals surface area contributed by atoms with Gasteiger partial charge in [-0.15, -0.1) is 0 Å². The number of amides is 2. The minimum atomic E-state index is -0.435. The molecule has 1 aliphatic heterocycles. The Morgan fingerprint density at radius 1 is 1.27 bits per heavy atom. The van der Waals surface area contributed by atoms with Crippen molar-refractivity contribution in [1.82, 2.24) is 15.4 Å². The highest BCUT2D eigenvalue weighted by Gasteiger charge is 2.44. The maximum absolute atomic E-state index is 12.5. The highest BCUT2D eigenvalue weighted by molar-refractivity contribution is 5.94. The van der Waals surface area contributed by atoms with Crippen molar-refractivity contribution in [2.75, 3.05) is 6.54 Å².